The van der Waals surface area contributed by atoms with E-state index in [1.807, 2.05) is 48.0 Å². The summed E-state index contributed by atoms with van der Waals surface area (Å²) in [6.45, 7) is 1.58. The third-order valence-corrected chi connectivity index (χ3v) is 4.72. The molecule has 23 heavy (non-hydrogen) atoms. The molecule has 0 saturated carbocycles. The third kappa shape index (κ3) is 2.37. The molecule has 0 radical (unpaired) electrons. The number of nitrogens with one attached hydrogen (secondary N) is 1. The maximum absolute atomic E-state index is 11.5. The van der Waals surface area contributed by atoms with Gasteiger partial charge in [0.25, 0.3) is 0 Å². The minimum atomic E-state index is 0.0772. The number of benzene rings is 2. The highest BCUT2D eigenvalue weighted by atomic mass is 32.1. The molecule has 0 saturated heterocycles. The molecular weight excluding hydrogens is 304 g/mol. The number of hydrogen-bond acceptors (Lipinski definition) is 3. The van der Waals surface area contributed by atoms with E-state index in [9.17, 15) is 4.79 Å². The molecule has 0 aliphatic heterocycles. The first-order chi connectivity index (χ1) is 11.2. The van der Waals surface area contributed by atoms with Crippen molar-refractivity contribution in [2.45, 2.75) is 6.92 Å². The number of H-pyrrole nitrogens is 1. The van der Waals surface area contributed by atoms with Gasteiger partial charge < -0.3 is 4.98 Å². The lowest BCUT2D eigenvalue weighted by Gasteiger charge is -2.04. The van der Waals surface area contributed by atoms with Crippen LogP contribution in [0.1, 0.15) is 17.3 Å². The summed E-state index contributed by atoms with van der Waals surface area (Å²) < 4.78 is 0. The Morgan fingerprint density at radius 1 is 1.09 bits per heavy atom. The number of hydrogen-bond donors (Lipinski definition) is 1. The molecule has 2 aromatic carbocycles. The zero-order chi connectivity index (χ0) is 15.8. The van der Waals surface area contributed by atoms with Crippen LogP contribution in [0.2, 0.25) is 0 Å². The number of rotatable bonds is 3. The van der Waals surface area contributed by atoms with Crippen LogP contribution in [0.5, 0.6) is 0 Å². The van der Waals surface area contributed by atoms with Gasteiger partial charge in [-0.2, -0.15) is 0 Å². The lowest BCUT2D eigenvalue weighted by molar-refractivity contribution is 0.101. The number of fused-ring (bicyclic) bond motifs is 1. The topological polar surface area (TPSA) is 45.8 Å². The van der Waals surface area contributed by atoms with E-state index in [0.29, 0.717) is 0 Å². The van der Waals surface area contributed by atoms with E-state index in [1.54, 1.807) is 18.3 Å². The molecule has 0 atom stereocenters. The predicted molar refractivity (Wildman–Crippen MR) is 94.8 cm³/mol. The SMILES string of the molecule is CC(=O)c1ccc(-c2[nH]c3ccccc3c2-c2nccs2)cc1. The van der Waals surface area contributed by atoms with Crippen molar-refractivity contribution in [1.82, 2.24) is 9.97 Å². The Hall–Kier alpha value is -2.72. The van der Waals surface area contributed by atoms with E-state index in [2.05, 4.69) is 22.1 Å². The molecular formula is C19H14N2OS. The molecule has 0 spiro atoms. The van der Waals surface area contributed by atoms with Crippen molar-refractivity contribution in [3.8, 4) is 21.8 Å². The van der Waals surface area contributed by atoms with Crippen LogP contribution in [-0.2, 0) is 0 Å². The van der Waals surface area contributed by atoms with E-state index >= 15 is 0 Å². The molecule has 2 heterocycles. The van der Waals surface area contributed by atoms with Gasteiger partial charge in [0.2, 0.25) is 0 Å². The van der Waals surface area contributed by atoms with Crippen molar-refractivity contribution in [2.24, 2.45) is 0 Å². The summed E-state index contributed by atoms with van der Waals surface area (Å²) in [4.78, 5) is 19.5. The van der Waals surface area contributed by atoms with Crippen molar-refractivity contribution in [1.29, 1.82) is 0 Å². The average Bonchev–Trinajstić information content (AvgIpc) is 3.21. The molecule has 0 aliphatic carbocycles. The van der Waals surface area contributed by atoms with Crippen LogP contribution >= 0.6 is 11.3 Å². The van der Waals surface area contributed by atoms with Crippen molar-refractivity contribution < 1.29 is 4.79 Å². The second-order valence-electron chi connectivity index (χ2n) is 5.39. The monoisotopic (exact) mass is 318 g/mol. The van der Waals surface area contributed by atoms with Crippen molar-refractivity contribution in [2.75, 3.05) is 0 Å². The number of aromatic nitrogens is 2. The van der Waals surface area contributed by atoms with Gasteiger partial charge in [0.05, 0.1) is 5.69 Å². The summed E-state index contributed by atoms with van der Waals surface area (Å²) in [5.41, 5.74) is 5.02. The lowest BCUT2D eigenvalue weighted by Crippen LogP contribution is -1.91. The van der Waals surface area contributed by atoms with E-state index < -0.39 is 0 Å². The Morgan fingerprint density at radius 2 is 1.87 bits per heavy atom. The maximum Gasteiger partial charge on any atom is 0.159 e. The number of aromatic amines is 1. The molecule has 4 heteroatoms. The van der Waals surface area contributed by atoms with Gasteiger partial charge in [0, 0.05) is 33.6 Å². The van der Waals surface area contributed by atoms with Crippen LogP contribution in [0.4, 0.5) is 0 Å². The van der Waals surface area contributed by atoms with Crippen LogP contribution in [0, 0.1) is 0 Å². The highest BCUT2D eigenvalue weighted by molar-refractivity contribution is 7.13. The van der Waals surface area contributed by atoms with Gasteiger partial charge >= 0.3 is 0 Å². The quantitative estimate of drug-likeness (QED) is 0.530. The molecule has 0 bridgehead atoms. The molecule has 4 rings (SSSR count). The number of carbonyl (C=O) groups excluding carboxylic acids is 1. The zero-order valence-corrected chi connectivity index (χ0v) is 13.4. The number of ketones is 1. The fourth-order valence-electron chi connectivity index (χ4n) is 2.80. The zero-order valence-electron chi connectivity index (χ0n) is 12.5. The standard InChI is InChI=1S/C19H14N2OS/c1-12(22)13-6-8-14(9-7-13)18-17(19-20-10-11-23-19)15-4-2-3-5-16(15)21-18/h2-11,21H,1H3. The minimum absolute atomic E-state index is 0.0772. The third-order valence-electron chi connectivity index (χ3n) is 3.93. The molecule has 0 fully saturated rings. The first-order valence-electron chi connectivity index (χ1n) is 7.36. The van der Waals surface area contributed by atoms with Gasteiger partial charge in [0.1, 0.15) is 5.01 Å². The summed E-state index contributed by atoms with van der Waals surface area (Å²) in [6, 6.07) is 15.9. The predicted octanol–water partition coefficient (Wildman–Crippen LogP) is 5.16. The van der Waals surface area contributed by atoms with Gasteiger partial charge in [-0.05, 0) is 18.6 Å². The van der Waals surface area contributed by atoms with Gasteiger partial charge in [-0.25, -0.2) is 4.98 Å². The molecule has 0 aliphatic rings. The summed E-state index contributed by atoms with van der Waals surface area (Å²) in [7, 11) is 0. The van der Waals surface area contributed by atoms with Crippen LogP contribution in [0.25, 0.3) is 32.7 Å². The summed E-state index contributed by atoms with van der Waals surface area (Å²) in [5.74, 6) is 0.0772. The van der Waals surface area contributed by atoms with Crippen LogP contribution < -0.4 is 0 Å². The van der Waals surface area contributed by atoms with E-state index in [4.69, 9.17) is 0 Å². The molecule has 112 valence electrons. The van der Waals surface area contributed by atoms with Crippen molar-refractivity contribution in [3.63, 3.8) is 0 Å². The van der Waals surface area contributed by atoms with E-state index in [0.717, 1.165) is 38.3 Å². The van der Waals surface area contributed by atoms with E-state index in [1.165, 1.54) is 0 Å². The first kappa shape index (κ1) is 13.9. The molecule has 2 aromatic heterocycles. The second-order valence-corrected chi connectivity index (χ2v) is 6.29. The average molecular weight is 318 g/mol. The normalized spacial score (nSPS) is 11.0. The number of thiazole rings is 1. The Kier molecular flexibility index (Phi) is 3.32. The molecule has 4 aromatic rings. The highest BCUT2D eigenvalue weighted by Gasteiger charge is 2.16. The Labute approximate surface area is 137 Å². The highest BCUT2D eigenvalue weighted by Crippen LogP contribution is 2.39. The van der Waals surface area contributed by atoms with Gasteiger partial charge in [-0.1, -0.05) is 42.5 Å². The van der Waals surface area contributed by atoms with Gasteiger partial charge in [-0.3, -0.25) is 4.79 Å². The summed E-state index contributed by atoms with van der Waals surface area (Å²) in [6.07, 6.45) is 1.82. The lowest BCUT2D eigenvalue weighted by atomic mass is 10.0. The van der Waals surface area contributed by atoms with Crippen LogP contribution in [-0.4, -0.2) is 15.8 Å². The Balaban J connectivity index is 1.96. The summed E-state index contributed by atoms with van der Waals surface area (Å²) in [5, 5.41) is 4.14. The smallest absolute Gasteiger partial charge is 0.159 e. The van der Waals surface area contributed by atoms with Gasteiger partial charge in [0.15, 0.2) is 5.78 Å². The number of carbonyl (C=O) groups is 1. The number of Topliss-reactive ketones (excluding diaryl/α,β-unsaturated/α-hetero) is 1. The van der Waals surface area contributed by atoms with Gasteiger partial charge in [-0.15, -0.1) is 11.3 Å². The fraction of sp³-hybridized carbons (Fsp3) is 0.0526. The van der Waals surface area contributed by atoms with E-state index in [-0.39, 0.29) is 5.78 Å². The fourth-order valence-corrected chi connectivity index (χ4v) is 3.50. The minimum Gasteiger partial charge on any atom is -0.354 e. The van der Waals surface area contributed by atoms with Crippen molar-refractivity contribution in [3.05, 3.63) is 65.7 Å². The molecule has 3 nitrogen and oxygen atoms in total. The summed E-state index contributed by atoms with van der Waals surface area (Å²) >= 11 is 1.63. The largest absolute Gasteiger partial charge is 0.354 e. The van der Waals surface area contributed by atoms with Crippen LogP contribution in [0.15, 0.2) is 60.1 Å². The maximum atomic E-state index is 11.5. The van der Waals surface area contributed by atoms with Crippen molar-refractivity contribution >= 4 is 28.0 Å². The first-order valence-corrected chi connectivity index (χ1v) is 8.24. The second kappa shape index (κ2) is 5.48. The molecule has 1 N–H and O–H groups in total. The van der Waals surface area contributed by atoms with Crippen LogP contribution in [0.3, 0.4) is 0 Å². The Morgan fingerprint density at radius 3 is 2.57 bits per heavy atom. The molecule has 0 amide bonds. The number of para-hydroxylation sites is 1. The molecule has 0 unspecified atom stereocenters. The number of nitrogens with zero attached hydrogens (tertiary/aromatic N) is 1. The Bertz CT molecular complexity index is 982.